The molecule has 2 fully saturated rings. The lowest BCUT2D eigenvalue weighted by atomic mass is 9.86. The Balaban J connectivity index is 1.61. The number of aliphatic carboxylic acids is 1. The summed E-state index contributed by atoms with van der Waals surface area (Å²) in [6.45, 7) is 1.34. The molecule has 1 saturated carbocycles. The highest BCUT2D eigenvalue weighted by molar-refractivity contribution is 5.74. The van der Waals surface area contributed by atoms with Gasteiger partial charge in [-0.25, -0.2) is 4.79 Å². The maximum Gasteiger partial charge on any atom is 0.315 e. The molecule has 3 N–H and O–H groups in total. The number of amides is 2. The van der Waals surface area contributed by atoms with Gasteiger partial charge in [-0.2, -0.15) is 0 Å². The van der Waals surface area contributed by atoms with Gasteiger partial charge in [0, 0.05) is 19.2 Å². The summed E-state index contributed by atoms with van der Waals surface area (Å²) in [6.07, 6.45) is 4.98. The van der Waals surface area contributed by atoms with Crippen molar-refractivity contribution >= 4 is 12.0 Å². The van der Waals surface area contributed by atoms with Crippen LogP contribution in [0.15, 0.2) is 0 Å². The Morgan fingerprint density at radius 3 is 2.47 bits per heavy atom. The molecule has 0 bridgehead atoms. The van der Waals surface area contributed by atoms with E-state index in [1.54, 1.807) is 0 Å². The third kappa shape index (κ3) is 4.38. The third-order valence-electron chi connectivity index (χ3n) is 3.93. The number of hydrogen-bond acceptors (Lipinski definition) is 3. The van der Waals surface area contributed by atoms with Crippen LogP contribution in [0.5, 0.6) is 0 Å². The number of carboxylic acid groups (broad SMARTS) is 1. The number of urea groups is 1. The van der Waals surface area contributed by atoms with Gasteiger partial charge in [0.1, 0.15) is 0 Å². The van der Waals surface area contributed by atoms with Crippen LogP contribution in [-0.4, -0.2) is 42.4 Å². The molecule has 0 aromatic carbocycles. The number of carbonyl (C=O) groups is 2. The summed E-state index contributed by atoms with van der Waals surface area (Å²) in [7, 11) is 0. The van der Waals surface area contributed by atoms with Crippen molar-refractivity contribution in [1.82, 2.24) is 10.6 Å². The molecule has 0 unspecified atom stereocenters. The van der Waals surface area contributed by atoms with Crippen LogP contribution in [0.2, 0.25) is 0 Å². The molecule has 6 nitrogen and oxygen atoms in total. The largest absolute Gasteiger partial charge is 0.481 e. The van der Waals surface area contributed by atoms with Gasteiger partial charge in [0.25, 0.3) is 0 Å². The van der Waals surface area contributed by atoms with Crippen LogP contribution in [0, 0.1) is 5.92 Å². The van der Waals surface area contributed by atoms with Gasteiger partial charge >= 0.3 is 12.0 Å². The highest BCUT2D eigenvalue weighted by Crippen LogP contribution is 2.24. The average Bonchev–Trinajstić information content (AvgIpc) is 2.90. The van der Waals surface area contributed by atoms with Crippen molar-refractivity contribution in [2.75, 3.05) is 13.2 Å². The summed E-state index contributed by atoms with van der Waals surface area (Å²) < 4.78 is 5.43. The first-order valence-electron chi connectivity index (χ1n) is 7.04. The van der Waals surface area contributed by atoms with Crippen molar-refractivity contribution < 1.29 is 19.4 Å². The second-order valence-electron chi connectivity index (χ2n) is 5.38. The van der Waals surface area contributed by atoms with Crippen LogP contribution < -0.4 is 10.6 Å². The molecule has 1 aliphatic heterocycles. The molecule has 6 heteroatoms. The normalized spacial score (nSPS) is 30.8. The lowest BCUT2D eigenvalue weighted by molar-refractivity contribution is -0.142. The molecule has 19 heavy (non-hydrogen) atoms. The number of rotatable bonds is 4. The molecule has 0 spiro atoms. The molecule has 1 saturated heterocycles. The summed E-state index contributed by atoms with van der Waals surface area (Å²) in [5, 5.41) is 14.6. The number of ether oxygens (including phenoxy) is 1. The number of carbonyl (C=O) groups excluding carboxylic acids is 1. The molecule has 0 radical (unpaired) electrons. The van der Waals surface area contributed by atoms with Crippen molar-refractivity contribution in [2.45, 2.75) is 50.7 Å². The van der Waals surface area contributed by atoms with E-state index in [0.717, 1.165) is 32.3 Å². The minimum absolute atomic E-state index is 0.0973. The topological polar surface area (TPSA) is 87.7 Å². The van der Waals surface area contributed by atoms with Gasteiger partial charge in [0.05, 0.1) is 12.0 Å². The van der Waals surface area contributed by atoms with Crippen LogP contribution >= 0.6 is 0 Å². The van der Waals surface area contributed by atoms with Gasteiger partial charge in [-0.05, 0) is 38.5 Å². The molecule has 1 aliphatic carbocycles. The van der Waals surface area contributed by atoms with E-state index < -0.39 is 5.97 Å². The quantitative estimate of drug-likeness (QED) is 0.714. The monoisotopic (exact) mass is 270 g/mol. The average molecular weight is 270 g/mol. The highest BCUT2D eigenvalue weighted by Gasteiger charge is 2.26. The number of carboxylic acids is 1. The molecule has 1 heterocycles. The fraction of sp³-hybridized carbons (Fsp3) is 0.846. The van der Waals surface area contributed by atoms with E-state index in [2.05, 4.69) is 10.6 Å². The summed E-state index contributed by atoms with van der Waals surface area (Å²) in [5.74, 6) is -0.964. The van der Waals surface area contributed by atoms with Gasteiger partial charge in [0.2, 0.25) is 0 Å². The Morgan fingerprint density at radius 1 is 1.16 bits per heavy atom. The van der Waals surface area contributed by atoms with Gasteiger partial charge in [-0.15, -0.1) is 0 Å². The summed E-state index contributed by atoms with van der Waals surface area (Å²) in [5.41, 5.74) is 0. The van der Waals surface area contributed by atoms with Crippen molar-refractivity contribution in [2.24, 2.45) is 5.92 Å². The summed E-state index contributed by atoms with van der Waals surface area (Å²) in [4.78, 5) is 22.5. The molecule has 0 aromatic rings. The van der Waals surface area contributed by atoms with Crippen molar-refractivity contribution in [3.05, 3.63) is 0 Å². The fourth-order valence-corrected chi connectivity index (χ4v) is 2.73. The minimum Gasteiger partial charge on any atom is -0.481 e. The van der Waals surface area contributed by atoms with E-state index in [-0.39, 0.29) is 24.1 Å². The summed E-state index contributed by atoms with van der Waals surface area (Å²) >= 11 is 0. The first-order valence-corrected chi connectivity index (χ1v) is 7.04. The van der Waals surface area contributed by atoms with Crippen molar-refractivity contribution in [1.29, 1.82) is 0 Å². The van der Waals surface area contributed by atoms with Crippen LogP contribution in [-0.2, 0) is 9.53 Å². The van der Waals surface area contributed by atoms with E-state index >= 15 is 0 Å². The number of nitrogens with one attached hydrogen (secondary N) is 2. The zero-order valence-corrected chi connectivity index (χ0v) is 11.1. The van der Waals surface area contributed by atoms with E-state index in [1.165, 1.54) is 0 Å². The molecule has 2 rings (SSSR count). The second kappa shape index (κ2) is 6.75. The van der Waals surface area contributed by atoms with Crippen LogP contribution in [0.4, 0.5) is 4.79 Å². The Labute approximate surface area is 112 Å². The first kappa shape index (κ1) is 14.1. The molecule has 108 valence electrons. The fourth-order valence-electron chi connectivity index (χ4n) is 2.73. The molecule has 1 atom stereocenters. The molecule has 0 aromatic heterocycles. The molecular formula is C13H22N2O4. The Bertz CT molecular complexity index is 321. The van der Waals surface area contributed by atoms with Crippen molar-refractivity contribution in [3.63, 3.8) is 0 Å². The standard InChI is InChI=1S/C13H22N2O4/c16-12(17)9-3-5-10(6-4-9)15-13(18)14-8-11-2-1-7-19-11/h9-11H,1-8H2,(H,16,17)(H2,14,15,18)/t9?,10?,11-/m1/s1. The van der Waals surface area contributed by atoms with Gasteiger partial charge in [-0.1, -0.05) is 0 Å². The predicted molar refractivity (Wildman–Crippen MR) is 68.9 cm³/mol. The Morgan fingerprint density at radius 2 is 1.89 bits per heavy atom. The van der Waals surface area contributed by atoms with Crippen LogP contribution in [0.3, 0.4) is 0 Å². The molecule has 2 amide bonds. The zero-order valence-electron chi connectivity index (χ0n) is 11.1. The smallest absolute Gasteiger partial charge is 0.315 e. The molecule has 2 aliphatic rings. The van der Waals surface area contributed by atoms with Crippen molar-refractivity contribution in [3.8, 4) is 0 Å². The first-order chi connectivity index (χ1) is 9.15. The van der Waals surface area contributed by atoms with E-state index in [1.807, 2.05) is 0 Å². The van der Waals surface area contributed by atoms with Gasteiger partial charge in [0.15, 0.2) is 0 Å². The predicted octanol–water partition coefficient (Wildman–Crippen LogP) is 1.11. The van der Waals surface area contributed by atoms with Gasteiger partial charge < -0.3 is 20.5 Å². The summed E-state index contributed by atoms with van der Waals surface area (Å²) in [6, 6.07) is -0.0747. The molecular weight excluding hydrogens is 248 g/mol. The van der Waals surface area contributed by atoms with Crippen LogP contribution in [0.25, 0.3) is 0 Å². The lowest BCUT2D eigenvalue weighted by Gasteiger charge is -2.27. The third-order valence-corrected chi connectivity index (χ3v) is 3.93. The SMILES string of the molecule is O=C(NC[C@H]1CCCO1)NC1CCC(C(=O)O)CC1. The maximum absolute atomic E-state index is 11.7. The van der Waals surface area contributed by atoms with E-state index in [9.17, 15) is 9.59 Å². The van der Waals surface area contributed by atoms with Crippen LogP contribution in [0.1, 0.15) is 38.5 Å². The minimum atomic E-state index is -0.721. The Hall–Kier alpha value is -1.30. The highest BCUT2D eigenvalue weighted by atomic mass is 16.5. The lowest BCUT2D eigenvalue weighted by Crippen LogP contribution is -2.46. The Kier molecular flexibility index (Phi) is 5.01. The number of hydrogen-bond donors (Lipinski definition) is 3. The second-order valence-corrected chi connectivity index (χ2v) is 5.38. The van der Waals surface area contributed by atoms with E-state index in [0.29, 0.717) is 19.4 Å². The zero-order chi connectivity index (χ0) is 13.7. The maximum atomic E-state index is 11.7. The van der Waals surface area contributed by atoms with E-state index in [4.69, 9.17) is 9.84 Å². The van der Waals surface area contributed by atoms with Gasteiger partial charge in [-0.3, -0.25) is 4.79 Å².